The summed E-state index contributed by atoms with van der Waals surface area (Å²) in [6.07, 6.45) is 8.10. The molecule has 0 radical (unpaired) electrons. The lowest BCUT2D eigenvalue weighted by Crippen LogP contribution is -2.49. The monoisotopic (exact) mass is 262 g/mol. The van der Waals surface area contributed by atoms with Gasteiger partial charge in [-0.2, -0.15) is 0 Å². The van der Waals surface area contributed by atoms with Crippen LogP contribution in [0.25, 0.3) is 0 Å². The van der Waals surface area contributed by atoms with E-state index in [0.717, 1.165) is 13.1 Å². The lowest BCUT2D eigenvalue weighted by atomic mass is 10.0. The Morgan fingerprint density at radius 3 is 2.68 bits per heavy atom. The molecular weight excluding hydrogens is 236 g/mol. The molecule has 0 N–H and O–H groups in total. The first-order valence-corrected chi connectivity index (χ1v) is 7.51. The Balaban J connectivity index is 2.06. The second-order valence-corrected chi connectivity index (χ2v) is 5.79. The number of morpholine rings is 1. The fourth-order valence-electron chi connectivity index (χ4n) is 2.60. The molecule has 2 rings (SSSR count). The molecule has 1 fully saturated rings. The minimum atomic E-state index is 0.337. The molecule has 0 unspecified atom stereocenters. The standard InChI is InChI=1S/C16H26N2O/c1-4-5-6-15-11-18(12-16(19-15)13(2)3)14-7-9-17-10-8-14/h7-10,13,15-16H,4-6,11-12H2,1-3H3/t15-,16-/m1/s1. The van der Waals surface area contributed by atoms with Crippen molar-refractivity contribution in [2.75, 3.05) is 18.0 Å². The molecule has 3 heteroatoms. The molecule has 1 aliphatic heterocycles. The Morgan fingerprint density at radius 1 is 1.32 bits per heavy atom. The highest BCUT2D eigenvalue weighted by Gasteiger charge is 2.29. The van der Waals surface area contributed by atoms with Crippen molar-refractivity contribution < 1.29 is 4.74 Å². The fraction of sp³-hybridized carbons (Fsp3) is 0.688. The van der Waals surface area contributed by atoms with Crippen molar-refractivity contribution in [3.8, 4) is 0 Å². The smallest absolute Gasteiger partial charge is 0.0777 e. The quantitative estimate of drug-likeness (QED) is 0.812. The summed E-state index contributed by atoms with van der Waals surface area (Å²) in [7, 11) is 0. The van der Waals surface area contributed by atoms with Gasteiger partial charge < -0.3 is 9.64 Å². The summed E-state index contributed by atoms with van der Waals surface area (Å²) >= 11 is 0. The van der Waals surface area contributed by atoms with Crippen molar-refractivity contribution in [1.82, 2.24) is 4.98 Å². The van der Waals surface area contributed by atoms with Gasteiger partial charge in [-0.25, -0.2) is 0 Å². The molecule has 1 aliphatic rings. The van der Waals surface area contributed by atoms with Gasteiger partial charge in [-0.1, -0.05) is 33.6 Å². The van der Waals surface area contributed by atoms with Gasteiger partial charge in [0.05, 0.1) is 12.2 Å². The van der Waals surface area contributed by atoms with Gasteiger partial charge >= 0.3 is 0 Å². The normalized spacial score (nSPS) is 23.9. The van der Waals surface area contributed by atoms with Crippen molar-refractivity contribution in [2.24, 2.45) is 5.92 Å². The summed E-state index contributed by atoms with van der Waals surface area (Å²) < 4.78 is 6.24. The topological polar surface area (TPSA) is 25.4 Å². The first kappa shape index (κ1) is 14.3. The van der Waals surface area contributed by atoms with Crippen LogP contribution in [0.1, 0.15) is 40.0 Å². The molecule has 106 valence electrons. The largest absolute Gasteiger partial charge is 0.371 e. The molecule has 0 amide bonds. The van der Waals surface area contributed by atoms with Gasteiger partial charge in [0.2, 0.25) is 0 Å². The zero-order valence-electron chi connectivity index (χ0n) is 12.4. The highest BCUT2D eigenvalue weighted by molar-refractivity contribution is 5.45. The first-order chi connectivity index (χ1) is 9.20. The van der Waals surface area contributed by atoms with Gasteiger partial charge in [-0.3, -0.25) is 4.98 Å². The van der Waals surface area contributed by atoms with Gasteiger partial charge in [0, 0.05) is 31.2 Å². The van der Waals surface area contributed by atoms with Crippen LogP contribution >= 0.6 is 0 Å². The second kappa shape index (κ2) is 6.90. The zero-order valence-corrected chi connectivity index (χ0v) is 12.4. The first-order valence-electron chi connectivity index (χ1n) is 7.51. The SMILES string of the molecule is CCCC[C@@H]1CN(c2ccncc2)C[C@H](C(C)C)O1. The van der Waals surface area contributed by atoms with E-state index < -0.39 is 0 Å². The maximum absolute atomic E-state index is 6.24. The molecule has 1 saturated heterocycles. The van der Waals surface area contributed by atoms with Crippen molar-refractivity contribution in [3.63, 3.8) is 0 Å². The molecular formula is C16H26N2O. The average molecular weight is 262 g/mol. The van der Waals surface area contributed by atoms with E-state index in [0.29, 0.717) is 18.1 Å². The maximum Gasteiger partial charge on any atom is 0.0777 e. The molecule has 2 heterocycles. The number of hydrogen-bond acceptors (Lipinski definition) is 3. The zero-order chi connectivity index (χ0) is 13.7. The molecule has 0 aliphatic carbocycles. The van der Waals surface area contributed by atoms with Crippen LogP contribution in [0.4, 0.5) is 5.69 Å². The van der Waals surface area contributed by atoms with E-state index in [-0.39, 0.29) is 0 Å². The molecule has 2 atom stereocenters. The van der Waals surface area contributed by atoms with E-state index in [4.69, 9.17) is 4.74 Å². The number of aromatic nitrogens is 1. The highest BCUT2D eigenvalue weighted by atomic mass is 16.5. The third kappa shape index (κ3) is 3.93. The maximum atomic E-state index is 6.24. The summed E-state index contributed by atoms with van der Waals surface area (Å²) in [5.41, 5.74) is 1.27. The number of unbranched alkanes of at least 4 members (excludes halogenated alkanes) is 1. The van der Waals surface area contributed by atoms with Crippen molar-refractivity contribution in [1.29, 1.82) is 0 Å². The van der Waals surface area contributed by atoms with E-state index in [9.17, 15) is 0 Å². The predicted octanol–water partition coefficient (Wildman–Crippen LogP) is 3.50. The van der Waals surface area contributed by atoms with Gasteiger partial charge in [0.25, 0.3) is 0 Å². The number of rotatable bonds is 5. The van der Waals surface area contributed by atoms with Crippen molar-refractivity contribution in [2.45, 2.75) is 52.2 Å². The highest BCUT2D eigenvalue weighted by Crippen LogP contribution is 2.25. The average Bonchev–Trinajstić information content (AvgIpc) is 2.45. The molecule has 0 aromatic carbocycles. The number of hydrogen-bond donors (Lipinski definition) is 0. The van der Waals surface area contributed by atoms with Gasteiger partial charge in [0.15, 0.2) is 0 Å². The van der Waals surface area contributed by atoms with Gasteiger partial charge in [0.1, 0.15) is 0 Å². The molecule has 0 bridgehead atoms. The molecule has 1 aromatic rings. The minimum absolute atomic E-state index is 0.337. The Kier molecular flexibility index (Phi) is 5.20. The minimum Gasteiger partial charge on any atom is -0.371 e. The van der Waals surface area contributed by atoms with E-state index in [1.54, 1.807) is 0 Å². The second-order valence-electron chi connectivity index (χ2n) is 5.79. The molecule has 1 aromatic heterocycles. The summed E-state index contributed by atoms with van der Waals surface area (Å²) in [4.78, 5) is 6.56. The van der Waals surface area contributed by atoms with Crippen molar-refractivity contribution >= 4 is 5.69 Å². The van der Waals surface area contributed by atoms with E-state index in [2.05, 4.69) is 42.8 Å². The van der Waals surface area contributed by atoms with Crippen LogP contribution in [0.15, 0.2) is 24.5 Å². The van der Waals surface area contributed by atoms with Crippen LogP contribution < -0.4 is 4.90 Å². The third-order valence-electron chi connectivity index (χ3n) is 3.84. The van der Waals surface area contributed by atoms with Crippen LogP contribution in [-0.2, 0) is 4.74 Å². The number of pyridine rings is 1. The van der Waals surface area contributed by atoms with Gasteiger partial charge in [-0.15, -0.1) is 0 Å². The van der Waals surface area contributed by atoms with Crippen LogP contribution in [0.3, 0.4) is 0 Å². The number of ether oxygens (including phenoxy) is 1. The van der Waals surface area contributed by atoms with E-state index >= 15 is 0 Å². The van der Waals surface area contributed by atoms with Crippen LogP contribution in [0.2, 0.25) is 0 Å². The summed E-state index contributed by atoms with van der Waals surface area (Å²) in [5.74, 6) is 0.564. The molecule has 0 spiro atoms. The summed E-state index contributed by atoms with van der Waals surface area (Å²) in [5, 5.41) is 0. The fourth-order valence-corrected chi connectivity index (χ4v) is 2.60. The van der Waals surface area contributed by atoms with Gasteiger partial charge in [-0.05, 0) is 24.5 Å². The third-order valence-corrected chi connectivity index (χ3v) is 3.84. The van der Waals surface area contributed by atoms with Crippen LogP contribution in [0, 0.1) is 5.92 Å². The summed E-state index contributed by atoms with van der Waals surface area (Å²) in [6, 6.07) is 4.19. The number of anilines is 1. The Labute approximate surface area is 117 Å². The van der Waals surface area contributed by atoms with E-state index in [1.807, 2.05) is 12.4 Å². The molecule has 3 nitrogen and oxygen atoms in total. The van der Waals surface area contributed by atoms with Crippen LogP contribution in [-0.4, -0.2) is 30.3 Å². The molecule has 0 saturated carbocycles. The van der Waals surface area contributed by atoms with Crippen molar-refractivity contribution in [3.05, 3.63) is 24.5 Å². The lowest BCUT2D eigenvalue weighted by Gasteiger charge is -2.41. The predicted molar refractivity (Wildman–Crippen MR) is 79.5 cm³/mol. The number of nitrogens with zero attached hydrogens (tertiary/aromatic N) is 2. The van der Waals surface area contributed by atoms with E-state index in [1.165, 1.54) is 24.9 Å². The lowest BCUT2D eigenvalue weighted by molar-refractivity contribution is -0.0519. The summed E-state index contributed by atoms with van der Waals surface area (Å²) in [6.45, 7) is 8.73. The molecule has 19 heavy (non-hydrogen) atoms. The Hall–Kier alpha value is -1.09. The Morgan fingerprint density at radius 2 is 2.05 bits per heavy atom. The van der Waals surface area contributed by atoms with Crippen LogP contribution in [0.5, 0.6) is 0 Å². The Bertz CT molecular complexity index is 366.